The quantitative estimate of drug-likeness (QED) is 0.306. The van der Waals surface area contributed by atoms with E-state index in [2.05, 4.69) is 16.0 Å². The van der Waals surface area contributed by atoms with Gasteiger partial charge in [0.25, 0.3) is 0 Å². The number of nitrogens with one attached hydrogen (secondary N) is 3. The monoisotopic (exact) mass is 421 g/mol. The normalized spacial score (nSPS) is 12.8. The summed E-state index contributed by atoms with van der Waals surface area (Å²) < 4.78 is 5.50. The van der Waals surface area contributed by atoms with Crippen LogP contribution in [-0.4, -0.2) is 43.1 Å². The van der Waals surface area contributed by atoms with E-state index in [0.717, 1.165) is 12.0 Å². The molecule has 0 bridgehead atoms. The van der Waals surface area contributed by atoms with Crippen molar-refractivity contribution >= 4 is 23.5 Å². The van der Waals surface area contributed by atoms with Gasteiger partial charge in [-0.3, -0.25) is 9.59 Å². The van der Waals surface area contributed by atoms with Crippen molar-refractivity contribution < 1.29 is 19.1 Å². The van der Waals surface area contributed by atoms with Crippen molar-refractivity contribution in [1.29, 1.82) is 0 Å². The van der Waals surface area contributed by atoms with Gasteiger partial charge in [-0.1, -0.05) is 32.9 Å². The summed E-state index contributed by atoms with van der Waals surface area (Å²) in [6.07, 6.45) is 1.74. The highest BCUT2D eigenvalue weighted by Gasteiger charge is 2.25. The third-order valence-electron chi connectivity index (χ3n) is 4.46. The van der Waals surface area contributed by atoms with Gasteiger partial charge in [0.05, 0.1) is 12.6 Å². The largest absolute Gasteiger partial charge is 0.377 e. The number of amides is 4. The van der Waals surface area contributed by atoms with Gasteiger partial charge in [-0.15, -0.1) is 0 Å². The Morgan fingerprint density at radius 1 is 1.10 bits per heavy atom. The second-order valence-electron chi connectivity index (χ2n) is 7.50. The molecule has 4 amide bonds. The molecule has 168 valence electrons. The average molecular weight is 422 g/mol. The summed E-state index contributed by atoms with van der Waals surface area (Å²) in [7, 11) is 0. The molecule has 0 aliphatic heterocycles. The molecular weight excluding hydrogens is 386 g/mol. The van der Waals surface area contributed by atoms with Crippen LogP contribution in [0.1, 0.15) is 45.6 Å². The van der Waals surface area contributed by atoms with E-state index in [1.807, 2.05) is 32.9 Å². The summed E-state index contributed by atoms with van der Waals surface area (Å²) in [6.45, 7) is 7.23. The van der Waals surface area contributed by atoms with E-state index in [-0.39, 0.29) is 11.8 Å². The fraction of sp³-hybridized carbons (Fsp3) is 0.571. The number of urea groups is 1. The van der Waals surface area contributed by atoms with Gasteiger partial charge in [0.2, 0.25) is 11.8 Å². The Bertz CT molecular complexity index is 678. The molecule has 0 heterocycles. The number of nitrogens with two attached hydrogens (primary N) is 2. The van der Waals surface area contributed by atoms with Crippen LogP contribution in [-0.2, 0) is 20.9 Å². The molecule has 2 atom stereocenters. The highest BCUT2D eigenvalue weighted by molar-refractivity contribution is 5.97. The van der Waals surface area contributed by atoms with Crippen molar-refractivity contribution in [1.82, 2.24) is 10.6 Å². The van der Waals surface area contributed by atoms with Crippen LogP contribution in [0, 0.1) is 5.92 Å². The van der Waals surface area contributed by atoms with E-state index in [4.69, 9.17) is 16.2 Å². The van der Waals surface area contributed by atoms with E-state index in [9.17, 15) is 14.4 Å². The molecule has 9 nitrogen and oxygen atoms in total. The Kier molecular flexibility index (Phi) is 11.5. The van der Waals surface area contributed by atoms with Gasteiger partial charge in [0.1, 0.15) is 6.04 Å². The Morgan fingerprint density at radius 2 is 1.77 bits per heavy atom. The summed E-state index contributed by atoms with van der Waals surface area (Å²) in [5, 5.41) is 7.99. The lowest BCUT2D eigenvalue weighted by atomic mass is 10.0. The van der Waals surface area contributed by atoms with Crippen LogP contribution in [0.3, 0.4) is 0 Å². The molecule has 0 aliphatic rings. The third-order valence-corrected chi connectivity index (χ3v) is 4.46. The van der Waals surface area contributed by atoms with Gasteiger partial charge in [-0.25, -0.2) is 4.79 Å². The number of primary amides is 1. The van der Waals surface area contributed by atoms with Crippen LogP contribution < -0.4 is 27.4 Å². The number of ether oxygens (including phenoxy) is 1. The number of hydrogen-bond donors (Lipinski definition) is 5. The summed E-state index contributed by atoms with van der Waals surface area (Å²) in [4.78, 5) is 35.9. The zero-order valence-electron chi connectivity index (χ0n) is 18.1. The lowest BCUT2D eigenvalue weighted by Crippen LogP contribution is -2.51. The molecule has 9 heteroatoms. The average Bonchev–Trinajstić information content (AvgIpc) is 2.70. The van der Waals surface area contributed by atoms with Crippen molar-refractivity contribution in [2.75, 3.05) is 18.5 Å². The lowest BCUT2D eigenvalue weighted by molar-refractivity contribution is -0.128. The first-order valence-electron chi connectivity index (χ1n) is 10.3. The number of anilines is 1. The minimum Gasteiger partial charge on any atom is -0.377 e. The Hall–Kier alpha value is -2.65. The minimum atomic E-state index is -0.787. The predicted molar refractivity (Wildman–Crippen MR) is 117 cm³/mol. The van der Waals surface area contributed by atoms with Crippen LogP contribution in [0.2, 0.25) is 0 Å². The van der Waals surface area contributed by atoms with Crippen LogP contribution in [0.15, 0.2) is 24.3 Å². The summed E-state index contributed by atoms with van der Waals surface area (Å²) in [5.74, 6) is -0.808. The second kappa shape index (κ2) is 13.6. The van der Waals surface area contributed by atoms with Crippen molar-refractivity contribution in [3.63, 3.8) is 0 Å². The maximum absolute atomic E-state index is 12.8. The van der Waals surface area contributed by atoms with Crippen LogP contribution in [0.25, 0.3) is 0 Å². The molecule has 0 saturated heterocycles. The van der Waals surface area contributed by atoms with Gasteiger partial charge in [-0.2, -0.15) is 0 Å². The van der Waals surface area contributed by atoms with Crippen molar-refractivity contribution in [3.8, 4) is 0 Å². The lowest BCUT2D eigenvalue weighted by Gasteiger charge is -2.22. The predicted octanol–water partition coefficient (Wildman–Crippen LogP) is 1.47. The highest BCUT2D eigenvalue weighted by atomic mass is 16.5. The molecule has 1 aromatic carbocycles. The SMILES string of the molecule is CCCOCc1ccc(NC(=O)C(CCCNC(N)=O)NC(=O)C(N)C(C)C)cc1. The van der Waals surface area contributed by atoms with E-state index in [0.29, 0.717) is 38.3 Å². The number of benzene rings is 1. The van der Waals surface area contributed by atoms with Crippen molar-refractivity contribution in [2.24, 2.45) is 17.4 Å². The summed E-state index contributed by atoms with van der Waals surface area (Å²) in [6, 6.07) is 5.20. The van der Waals surface area contributed by atoms with Gasteiger partial charge in [0.15, 0.2) is 0 Å². The maximum atomic E-state index is 12.8. The molecule has 0 aromatic heterocycles. The number of carbonyl (C=O) groups is 3. The summed E-state index contributed by atoms with van der Waals surface area (Å²) >= 11 is 0. The minimum absolute atomic E-state index is 0.0623. The van der Waals surface area contributed by atoms with Gasteiger partial charge < -0.3 is 32.2 Å². The molecular formula is C21H35N5O4. The first-order chi connectivity index (χ1) is 14.2. The van der Waals surface area contributed by atoms with Crippen molar-refractivity contribution in [2.45, 2.75) is 58.7 Å². The molecule has 2 unspecified atom stereocenters. The highest BCUT2D eigenvalue weighted by Crippen LogP contribution is 2.12. The van der Waals surface area contributed by atoms with Gasteiger partial charge in [-0.05, 0) is 42.9 Å². The van der Waals surface area contributed by atoms with Crippen LogP contribution >= 0.6 is 0 Å². The molecule has 0 spiro atoms. The number of carbonyl (C=O) groups excluding carboxylic acids is 3. The summed E-state index contributed by atoms with van der Waals surface area (Å²) in [5.41, 5.74) is 12.6. The standard InChI is InChI=1S/C21H35N5O4/c1-4-12-30-13-15-7-9-16(10-8-15)25-19(27)17(6-5-11-24-21(23)29)26-20(28)18(22)14(2)3/h7-10,14,17-18H,4-6,11-13,22H2,1-3H3,(H,25,27)(H,26,28)(H3,23,24,29). The topological polar surface area (TPSA) is 149 Å². The fourth-order valence-corrected chi connectivity index (χ4v) is 2.61. The third kappa shape index (κ3) is 9.71. The Labute approximate surface area is 178 Å². The smallest absolute Gasteiger partial charge is 0.312 e. The fourth-order valence-electron chi connectivity index (χ4n) is 2.61. The molecule has 1 rings (SSSR count). The first kappa shape index (κ1) is 25.4. The van der Waals surface area contributed by atoms with Crippen molar-refractivity contribution in [3.05, 3.63) is 29.8 Å². The zero-order chi connectivity index (χ0) is 22.5. The molecule has 30 heavy (non-hydrogen) atoms. The van der Waals surface area contributed by atoms with Gasteiger partial charge in [0, 0.05) is 18.8 Å². The number of rotatable bonds is 13. The second-order valence-corrected chi connectivity index (χ2v) is 7.50. The van der Waals surface area contributed by atoms with E-state index in [1.165, 1.54) is 0 Å². The molecule has 0 fully saturated rings. The first-order valence-corrected chi connectivity index (χ1v) is 10.3. The molecule has 0 radical (unpaired) electrons. The maximum Gasteiger partial charge on any atom is 0.312 e. The Morgan fingerprint density at radius 3 is 2.33 bits per heavy atom. The molecule has 0 saturated carbocycles. The molecule has 7 N–H and O–H groups in total. The van der Waals surface area contributed by atoms with E-state index >= 15 is 0 Å². The van der Waals surface area contributed by atoms with Crippen LogP contribution in [0.4, 0.5) is 10.5 Å². The number of hydrogen-bond acceptors (Lipinski definition) is 5. The van der Waals surface area contributed by atoms with E-state index < -0.39 is 24.0 Å². The van der Waals surface area contributed by atoms with Crippen LogP contribution in [0.5, 0.6) is 0 Å². The van der Waals surface area contributed by atoms with E-state index in [1.54, 1.807) is 12.1 Å². The van der Waals surface area contributed by atoms with Gasteiger partial charge >= 0.3 is 6.03 Å². The molecule has 0 aliphatic carbocycles. The Balaban J connectivity index is 2.72. The molecule has 1 aromatic rings. The zero-order valence-corrected chi connectivity index (χ0v) is 18.1.